The number of ether oxygens (including phenoxy) is 2. The van der Waals surface area contributed by atoms with Crippen molar-refractivity contribution in [3.05, 3.63) is 47.5 Å². The zero-order valence-electron chi connectivity index (χ0n) is 11.0. The number of fused-ring (bicyclic) bond motifs is 1. The standard InChI is InChI=1S/C15H18O3/c1-4-6-15(7-5-11(2)3)9-13-12(8-14(15)16)17-10-18-13/h4-6,8-9H,7,10H2,1-3H3. The molecule has 2 aliphatic rings. The van der Waals surface area contributed by atoms with Crippen molar-refractivity contribution in [3.63, 3.8) is 0 Å². The molecule has 1 aliphatic carbocycles. The van der Waals surface area contributed by atoms with E-state index in [4.69, 9.17) is 9.47 Å². The van der Waals surface area contributed by atoms with E-state index in [9.17, 15) is 4.79 Å². The van der Waals surface area contributed by atoms with Gasteiger partial charge in [-0.2, -0.15) is 0 Å². The molecule has 1 atom stereocenters. The van der Waals surface area contributed by atoms with Crippen LogP contribution in [0.5, 0.6) is 0 Å². The first-order chi connectivity index (χ1) is 8.57. The normalized spacial score (nSPS) is 26.1. The van der Waals surface area contributed by atoms with Crippen LogP contribution in [0.3, 0.4) is 0 Å². The molecule has 1 aliphatic heterocycles. The van der Waals surface area contributed by atoms with E-state index in [2.05, 4.69) is 6.08 Å². The van der Waals surface area contributed by atoms with E-state index in [-0.39, 0.29) is 12.6 Å². The van der Waals surface area contributed by atoms with Gasteiger partial charge in [-0.1, -0.05) is 23.8 Å². The molecule has 0 saturated carbocycles. The van der Waals surface area contributed by atoms with E-state index in [1.807, 2.05) is 39.0 Å². The van der Waals surface area contributed by atoms with Crippen LogP contribution in [0.2, 0.25) is 0 Å². The van der Waals surface area contributed by atoms with Gasteiger partial charge >= 0.3 is 0 Å². The van der Waals surface area contributed by atoms with Gasteiger partial charge in [-0.3, -0.25) is 4.79 Å². The molecular weight excluding hydrogens is 228 g/mol. The lowest BCUT2D eigenvalue weighted by molar-refractivity contribution is -0.119. The summed E-state index contributed by atoms with van der Waals surface area (Å²) in [7, 11) is 0. The molecule has 1 fully saturated rings. The summed E-state index contributed by atoms with van der Waals surface area (Å²) in [5.41, 5.74) is 0.571. The zero-order valence-corrected chi connectivity index (χ0v) is 11.0. The molecule has 3 heteroatoms. The van der Waals surface area contributed by atoms with Gasteiger partial charge in [0.1, 0.15) is 0 Å². The lowest BCUT2D eigenvalue weighted by Gasteiger charge is -2.26. The SMILES string of the molecule is CC=CC1(CC=C(C)C)C=C2OCOC2=CC1=O. The van der Waals surface area contributed by atoms with E-state index in [1.165, 1.54) is 5.57 Å². The summed E-state index contributed by atoms with van der Waals surface area (Å²) in [6.45, 7) is 6.17. The van der Waals surface area contributed by atoms with Gasteiger partial charge in [-0.15, -0.1) is 0 Å². The molecule has 96 valence electrons. The molecule has 1 heterocycles. The Morgan fingerprint density at radius 3 is 2.78 bits per heavy atom. The van der Waals surface area contributed by atoms with Gasteiger partial charge in [-0.05, 0) is 33.3 Å². The number of carbonyl (C=O) groups excluding carboxylic acids is 1. The third kappa shape index (κ3) is 2.26. The molecule has 18 heavy (non-hydrogen) atoms. The molecule has 0 bridgehead atoms. The number of hydrogen-bond donors (Lipinski definition) is 0. The molecule has 0 N–H and O–H groups in total. The van der Waals surface area contributed by atoms with Crippen molar-refractivity contribution in [2.24, 2.45) is 5.41 Å². The van der Waals surface area contributed by atoms with Crippen LogP contribution < -0.4 is 0 Å². The maximum atomic E-state index is 12.3. The Kier molecular flexibility index (Phi) is 3.41. The predicted molar refractivity (Wildman–Crippen MR) is 69.5 cm³/mol. The maximum absolute atomic E-state index is 12.3. The number of ketones is 1. The highest BCUT2D eigenvalue weighted by Gasteiger charge is 2.38. The Morgan fingerprint density at radius 2 is 2.11 bits per heavy atom. The predicted octanol–water partition coefficient (Wildman–Crippen LogP) is 3.26. The minimum absolute atomic E-state index is 0.0438. The van der Waals surface area contributed by atoms with Crippen LogP contribution >= 0.6 is 0 Å². The fourth-order valence-electron chi connectivity index (χ4n) is 2.11. The Bertz CT molecular complexity index is 476. The van der Waals surface area contributed by atoms with Crippen LogP contribution in [0.25, 0.3) is 0 Å². The smallest absolute Gasteiger partial charge is 0.231 e. The molecule has 0 aromatic carbocycles. The Labute approximate surface area is 107 Å². The van der Waals surface area contributed by atoms with Crippen LogP contribution in [0.1, 0.15) is 27.2 Å². The summed E-state index contributed by atoms with van der Waals surface area (Å²) in [5, 5.41) is 0. The molecule has 2 rings (SSSR count). The molecular formula is C15H18O3. The summed E-state index contributed by atoms with van der Waals surface area (Å²) in [6.07, 6.45) is 9.97. The fraction of sp³-hybridized carbons (Fsp3) is 0.400. The molecule has 0 aromatic rings. The van der Waals surface area contributed by atoms with Crippen LogP contribution in [0, 0.1) is 5.41 Å². The van der Waals surface area contributed by atoms with Crippen molar-refractivity contribution < 1.29 is 14.3 Å². The largest absolute Gasteiger partial charge is 0.454 e. The van der Waals surface area contributed by atoms with Gasteiger partial charge in [0.15, 0.2) is 17.3 Å². The van der Waals surface area contributed by atoms with E-state index < -0.39 is 5.41 Å². The summed E-state index contributed by atoms with van der Waals surface area (Å²) < 4.78 is 10.6. The van der Waals surface area contributed by atoms with Crippen molar-refractivity contribution in [1.82, 2.24) is 0 Å². The number of allylic oxidation sites excluding steroid dienone is 6. The first-order valence-electron chi connectivity index (χ1n) is 6.09. The highest BCUT2D eigenvalue weighted by molar-refractivity contribution is 6.00. The number of carbonyl (C=O) groups is 1. The molecule has 0 spiro atoms. The zero-order chi connectivity index (χ0) is 13.2. The van der Waals surface area contributed by atoms with Gasteiger partial charge in [0.05, 0.1) is 5.41 Å². The van der Waals surface area contributed by atoms with Crippen molar-refractivity contribution in [2.75, 3.05) is 6.79 Å². The maximum Gasteiger partial charge on any atom is 0.231 e. The van der Waals surface area contributed by atoms with Crippen molar-refractivity contribution in [3.8, 4) is 0 Å². The lowest BCUT2D eigenvalue weighted by atomic mass is 9.76. The fourth-order valence-corrected chi connectivity index (χ4v) is 2.11. The Balaban J connectivity index is 2.39. The average Bonchev–Trinajstić information content (AvgIpc) is 2.74. The monoisotopic (exact) mass is 246 g/mol. The molecule has 0 radical (unpaired) electrons. The Morgan fingerprint density at radius 1 is 1.39 bits per heavy atom. The first-order valence-corrected chi connectivity index (χ1v) is 6.09. The van der Waals surface area contributed by atoms with Crippen molar-refractivity contribution >= 4 is 5.78 Å². The van der Waals surface area contributed by atoms with Gasteiger partial charge < -0.3 is 9.47 Å². The molecule has 1 unspecified atom stereocenters. The van der Waals surface area contributed by atoms with Crippen LogP contribution in [0.15, 0.2) is 47.5 Å². The van der Waals surface area contributed by atoms with Gasteiger partial charge in [0, 0.05) is 6.08 Å². The molecule has 3 nitrogen and oxygen atoms in total. The second-order valence-corrected chi connectivity index (χ2v) is 4.81. The number of hydrogen-bond acceptors (Lipinski definition) is 3. The van der Waals surface area contributed by atoms with Gasteiger partial charge in [0.25, 0.3) is 0 Å². The number of rotatable bonds is 3. The summed E-state index contributed by atoms with van der Waals surface area (Å²) in [5.74, 6) is 1.27. The van der Waals surface area contributed by atoms with Crippen LogP contribution in [0.4, 0.5) is 0 Å². The van der Waals surface area contributed by atoms with E-state index in [1.54, 1.807) is 6.08 Å². The second kappa shape index (κ2) is 4.84. The molecule has 1 saturated heterocycles. The Hall–Kier alpha value is -1.77. The van der Waals surface area contributed by atoms with Crippen LogP contribution in [-0.2, 0) is 14.3 Å². The third-order valence-corrected chi connectivity index (χ3v) is 3.09. The van der Waals surface area contributed by atoms with Crippen molar-refractivity contribution in [1.29, 1.82) is 0 Å². The summed E-state index contributed by atoms with van der Waals surface area (Å²) in [6, 6.07) is 0. The van der Waals surface area contributed by atoms with Crippen LogP contribution in [-0.4, -0.2) is 12.6 Å². The second-order valence-electron chi connectivity index (χ2n) is 4.81. The third-order valence-electron chi connectivity index (χ3n) is 3.09. The minimum Gasteiger partial charge on any atom is -0.454 e. The van der Waals surface area contributed by atoms with Crippen molar-refractivity contribution in [2.45, 2.75) is 27.2 Å². The average molecular weight is 246 g/mol. The first kappa shape index (κ1) is 12.7. The topological polar surface area (TPSA) is 35.5 Å². The van der Waals surface area contributed by atoms with Gasteiger partial charge in [0.2, 0.25) is 6.79 Å². The highest BCUT2D eigenvalue weighted by Crippen LogP contribution is 2.38. The molecule has 0 amide bonds. The van der Waals surface area contributed by atoms with E-state index in [0.29, 0.717) is 17.9 Å². The summed E-state index contributed by atoms with van der Waals surface area (Å²) >= 11 is 0. The minimum atomic E-state index is -0.626. The quantitative estimate of drug-likeness (QED) is 0.717. The van der Waals surface area contributed by atoms with E-state index >= 15 is 0 Å². The highest BCUT2D eigenvalue weighted by atomic mass is 16.7. The summed E-state index contributed by atoms with van der Waals surface area (Å²) in [4.78, 5) is 12.3. The lowest BCUT2D eigenvalue weighted by Crippen LogP contribution is -2.28. The van der Waals surface area contributed by atoms with Gasteiger partial charge in [-0.25, -0.2) is 0 Å². The molecule has 0 aromatic heterocycles. The van der Waals surface area contributed by atoms with E-state index in [0.717, 1.165) is 0 Å².